The van der Waals surface area contributed by atoms with Crippen molar-refractivity contribution >= 4 is 23.2 Å². The molecule has 3 aromatic carbocycles. The van der Waals surface area contributed by atoms with Crippen LogP contribution < -0.4 is 16.0 Å². The number of carbonyl (C=O) groups is 2. The van der Waals surface area contributed by atoms with E-state index in [9.17, 15) is 9.59 Å². The van der Waals surface area contributed by atoms with Gasteiger partial charge in [0.05, 0.1) is 6.54 Å². The first-order valence-corrected chi connectivity index (χ1v) is 10.1. The zero-order valence-corrected chi connectivity index (χ0v) is 17.4. The Hall–Kier alpha value is -3.60. The molecule has 154 valence electrons. The fourth-order valence-corrected chi connectivity index (χ4v) is 3.24. The quantitative estimate of drug-likeness (QED) is 0.519. The van der Waals surface area contributed by atoms with Gasteiger partial charge in [0, 0.05) is 23.5 Å². The van der Waals surface area contributed by atoms with E-state index in [1.165, 1.54) is 5.56 Å². The maximum Gasteiger partial charge on any atom is 0.251 e. The van der Waals surface area contributed by atoms with Crippen LogP contribution in [0.3, 0.4) is 0 Å². The average Bonchev–Trinajstić information content (AvgIpc) is 2.77. The predicted octanol–water partition coefficient (Wildman–Crippen LogP) is 4.54. The summed E-state index contributed by atoms with van der Waals surface area (Å²) in [5, 5.41) is 8.99. The van der Waals surface area contributed by atoms with Crippen molar-refractivity contribution in [2.45, 2.75) is 26.8 Å². The second kappa shape index (κ2) is 10.3. The minimum atomic E-state index is -0.148. The van der Waals surface area contributed by atoms with E-state index in [0.717, 1.165) is 23.2 Å². The third-order valence-electron chi connectivity index (χ3n) is 4.89. The van der Waals surface area contributed by atoms with Crippen molar-refractivity contribution in [2.75, 3.05) is 17.2 Å². The molecule has 0 radical (unpaired) electrons. The number of rotatable bonds is 8. The van der Waals surface area contributed by atoms with Crippen molar-refractivity contribution in [3.05, 3.63) is 95.1 Å². The van der Waals surface area contributed by atoms with Gasteiger partial charge in [0.2, 0.25) is 5.91 Å². The normalized spacial score (nSPS) is 10.3. The highest BCUT2D eigenvalue weighted by Gasteiger charge is 2.09. The molecule has 5 nitrogen and oxygen atoms in total. The Morgan fingerprint density at radius 2 is 1.60 bits per heavy atom. The summed E-state index contributed by atoms with van der Waals surface area (Å²) in [5.74, 6) is -0.286. The van der Waals surface area contributed by atoms with Crippen molar-refractivity contribution in [3.8, 4) is 0 Å². The molecule has 0 bridgehead atoms. The summed E-state index contributed by atoms with van der Waals surface area (Å²) in [4.78, 5) is 24.6. The van der Waals surface area contributed by atoms with Gasteiger partial charge in [0.25, 0.3) is 5.91 Å². The Labute approximate surface area is 177 Å². The van der Waals surface area contributed by atoms with Gasteiger partial charge in [-0.15, -0.1) is 0 Å². The molecule has 3 rings (SSSR count). The molecule has 0 spiro atoms. The van der Waals surface area contributed by atoms with Crippen LogP contribution >= 0.6 is 0 Å². The lowest BCUT2D eigenvalue weighted by Gasteiger charge is -2.14. The molecule has 0 saturated heterocycles. The standard InChI is InChI=1S/C25H27N3O2/c1-3-20-11-7-8-18(2)24(20)26-17-23(29)28-22-14-12-21(13-15-22)25(30)27-16-19-9-5-4-6-10-19/h4-15,26H,3,16-17H2,1-2H3,(H,27,30)(H,28,29). The number of amides is 2. The molecule has 0 aromatic heterocycles. The zero-order chi connectivity index (χ0) is 21.3. The maximum absolute atomic E-state index is 12.3. The number of para-hydroxylation sites is 1. The molecule has 0 saturated carbocycles. The van der Waals surface area contributed by atoms with Gasteiger partial charge < -0.3 is 16.0 Å². The van der Waals surface area contributed by atoms with Gasteiger partial charge in [0.15, 0.2) is 0 Å². The van der Waals surface area contributed by atoms with Crippen LogP contribution in [0.25, 0.3) is 0 Å². The molecule has 0 aliphatic heterocycles. The number of carbonyl (C=O) groups excluding carboxylic acids is 2. The smallest absolute Gasteiger partial charge is 0.251 e. The Balaban J connectivity index is 1.51. The van der Waals surface area contributed by atoms with E-state index in [-0.39, 0.29) is 18.4 Å². The third-order valence-corrected chi connectivity index (χ3v) is 4.89. The molecular weight excluding hydrogens is 374 g/mol. The lowest BCUT2D eigenvalue weighted by atomic mass is 10.1. The molecule has 0 atom stereocenters. The second-order valence-corrected chi connectivity index (χ2v) is 7.11. The van der Waals surface area contributed by atoms with Crippen molar-refractivity contribution < 1.29 is 9.59 Å². The van der Waals surface area contributed by atoms with Crippen LogP contribution in [0.2, 0.25) is 0 Å². The molecule has 0 fully saturated rings. The highest BCUT2D eigenvalue weighted by atomic mass is 16.2. The monoisotopic (exact) mass is 401 g/mol. The highest BCUT2D eigenvalue weighted by Crippen LogP contribution is 2.20. The number of benzene rings is 3. The van der Waals surface area contributed by atoms with E-state index < -0.39 is 0 Å². The van der Waals surface area contributed by atoms with Gasteiger partial charge in [0.1, 0.15) is 0 Å². The van der Waals surface area contributed by atoms with Gasteiger partial charge in [-0.2, -0.15) is 0 Å². The average molecular weight is 402 g/mol. The Bertz CT molecular complexity index is 999. The van der Waals surface area contributed by atoms with E-state index in [1.807, 2.05) is 49.4 Å². The first kappa shape index (κ1) is 21.1. The topological polar surface area (TPSA) is 70.2 Å². The second-order valence-electron chi connectivity index (χ2n) is 7.11. The maximum atomic E-state index is 12.3. The lowest BCUT2D eigenvalue weighted by molar-refractivity contribution is -0.114. The SMILES string of the molecule is CCc1cccc(C)c1NCC(=O)Nc1ccc(C(=O)NCc2ccccc2)cc1. The molecule has 2 amide bonds. The molecule has 3 N–H and O–H groups in total. The van der Waals surface area contributed by atoms with Crippen LogP contribution in [0.1, 0.15) is 34.0 Å². The fraction of sp³-hybridized carbons (Fsp3) is 0.200. The first-order valence-electron chi connectivity index (χ1n) is 10.1. The molecule has 5 heteroatoms. The first-order chi connectivity index (χ1) is 14.6. The largest absolute Gasteiger partial charge is 0.376 e. The number of aryl methyl sites for hydroxylation is 2. The van der Waals surface area contributed by atoms with Gasteiger partial charge >= 0.3 is 0 Å². The third kappa shape index (κ3) is 5.70. The van der Waals surface area contributed by atoms with Crippen LogP contribution in [0, 0.1) is 6.92 Å². The van der Waals surface area contributed by atoms with Crippen LogP contribution in [-0.2, 0) is 17.8 Å². The van der Waals surface area contributed by atoms with E-state index in [2.05, 4.69) is 28.9 Å². The van der Waals surface area contributed by atoms with Crippen LogP contribution in [0.15, 0.2) is 72.8 Å². The summed E-state index contributed by atoms with van der Waals surface area (Å²) < 4.78 is 0. The molecule has 0 heterocycles. The van der Waals surface area contributed by atoms with Crippen molar-refractivity contribution in [2.24, 2.45) is 0 Å². The number of anilines is 2. The van der Waals surface area contributed by atoms with Crippen LogP contribution in [0.5, 0.6) is 0 Å². The van der Waals surface area contributed by atoms with Crippen LogP contribution in [-0.4, -0.2) is 18.4 Å². The van der Waals surface area contributed by atoms with E-state index in [1.54, 1.807) is 24.3 Å². The molecule has 3 aromatic rings. The molecular formula is C25H27N3O2. The molecule has 0 aliphatic carbocycles. The van der Waals surface area contributed by atoms with Gasteiger partial charge in [-0.1, -0.05) is 55.5 Å². The van der Waals surface area contributed by atoms with Crippen molar-refractivity contribution in [1.82, 2.24) is 5.32 Å². The Kier molecular flexibility index (Phi) is 7.22. The fourth-order valence-electron chi connectivity index (χ4n) is 3.24. The summed E-state index contributed by atoms with van der Waals surface area (Å²) >= 11 is 0. The molecule has 0 aliphatic rings. The van der Waals surface area contributed by atoms with Gasteiger partial charge in [-0.25, -0.2) is 0 Å². The molecule has 30 heavy (non-hydrogen) atoms. The predicted molar refractivity (Wildman–Crippen MR) is 122 cm³/mol. The summed E-state index contributed by atoms with van der Waals surface area (Å²) in [5.41, 5.74) is 5.57. The van der Waals surface area contributed by atoms with E-state index >= 15 is 0 Å². The zero-order valence-electron chi connectivity index (χ0n) is 17.4. The Morgan fingerprint density at radius 3 is 2.30 bits per heavy atom. The highest BCUT2D eigenvalue weighted by molar-refractivity contribution is 5.96. The summed E-state index contributed by atoms with van der Waals surface area (Å²) in [6, 6.07) is 22.8. The number of hydrogen-bond donors (Lipinski definition) is 3. The van der Waals surface area contributed by atoms with Gasteiger partial charge in [-0.3, -0.25) is 9.59 Å². The van der Waals surface area contributed by atoms with Gasteiger partial charge in [-0.05, 0) is 54.3 Å². The van der Waals surface area contributed by atoms with Crippen LogP contribution in [0.4, 0.5) is 11.4 Å². The molecule has 0 unspecified atom stereocenters. The van der Waals surface area contributed by atoms with E-state index in [4.69, 9.17) is 0 Å². The van der Waals surface area contributed by atoms with Crippen molar-refractivity contribution in [1.29, 1.82) is 0 Å². The lowest BCUT2D eigenvalue weighted by Crippen LogP contribution is -2.23. The summed E-state index contributed by atoms with van der Waals surface area (Å²) in [7, 11) is 0. The summed E-state index contributed by atoms with van der Waals surface area (Å²) in [6.07, 6.45) is 0.902. The Morgan fingerprint density at radius 1 is 0.867 bits per heavy atom. The number of nitrogens with one attached hydrogen (secondary N) is 3. The van der Waals surface area contributed by atoms with E-state index in [0.29, 0.717) is 17.8 Å². The minimum absolute atomic E-state index is 0.137. The van der Waals surface area contributed by atoms with Crippen molar-refractivity contribution in [3.63, 3.8) is 0 Å². The number of hydrogen-bond acceptors (Lipinski definition) is 3. The minimum Gasteiger partial charge on any atom is -0.376 e. The summed E-state index contributed by atoms with van der Waals surface area (Å²) in [6.45, 7) is 4.78.